The van der Waals surface area contributed by atoms with Crippen LogP contribution in [0.25, 0.3) is 0 Å². The molecule has 1 unspecified atom stereocenters. The van der Waals surface area contributed by atoms with Crippen LogP contribution in [0.1, 0.15) is 33.1 Å². The van der Waals surface area contributed by atoms with Gasteiger partial charge in [-0.1, -0.05) is 19.8 Å². The summed E-state index contributed by atoms with van der Waals surface area (Å²) in [6, 6.07) is -0.288. The fourth-order valence-corrected chi connectivity index (χ4v) is 1.38. The average Bonchev–Trinajstić information content (AvgIpc) is 2.24. The minimum absolute atomic E-state index is 0.00741. The van der Waals surface area contributed by atoms with Crippen molar-refractivity contribution in [3.63, 3.8) is 0 Å². The largest absolute Gasteiger partial charge is 0.383 e. The first-order valence-corrected chi connectivity index (χ1v) is 5.55. The third kappa shape index (κ3) is 5.14. The first kappa shape index (κ1) is 14.4. The van der Waals surface area contributed by atoms with Gasteiger partial charge in [0, 0.05) is 14.2 Å². The Morgan fingerprint density at radius 2 is 2.13 bits per heavy atom. The summed E-state index contributed by atoms with van der Waals surface area (Å²) in [5.41, 5.74) is 5.81. The number of ether oxygens (including phenoxy) is 1. The summed E-state index contributed by atoms with van der Waals surface area (Å²) >= 11 is 0. The number of unbranched alkanes of at least 4 members (excludes halogenated alkanes) is 1. The second-order valence-electron chi connectivity index (χ2n) is 4.00. The molecule has 0 aromatic rings. The number of amides is 1. The normalized spacial score (nSPS) is 14.7. The van der Waals surface area contributed by atoms with Crippen molar-refractivity contribution in [2.75, 3.05) is 20.8 Å². The first-order valence-electron chi connectivity index (χ1n) is 5.55. The molecule has 2 N–H and O–H groups in total. The maximum absolute atomic E-state index is 11.8. The SMILES string of the molecule is CCCC[C@H](N)C(=O)N(C)C(C)COC. The van der Waals surface area contributed by atoms with Crippen LogP contribution in [0.5, 0.6) is 0 Å². The van der Waals surface area contributed by atoms with Crippen molar-refractivity contribution in [2.45, 2.75) is 45.2 Å². The molecular formula is C11H24N2O2. The number of carbonyl (C=O) groups excluding carboxylic acids is 1. The van der Waals surface area contributed by atoms with E-state index in [1.165, 1.54) is 0 Å². The number of hydrogen-bond donors (Lipinski definition) is 1. The van der Waals surface area contributed by atoms with Crippen LogP contribution in [0, 0.1) is 0 Å². The summed E-state index contributed by atoms with van der Waals surface area (Å²) in [6.07, 6.45) is 2.83. The molecule has 0 heterocycles. The molecule has 0 fully saturated rings. The predicted molar refractivity (Wildman–Crippen MR) is 61.6 cm³/mol. The molecule has 15 heavy (non-hydrogen) atoms. The van der Waals surface area contributed by atoms with Crippen LogP contribution < -0.4 is 5.73 Å². The molecule has 4 nitrogen and oxygen atoms in total. The van der Waals surface area contributed by atoms with E-state index in [2.05, 4.69) is 6.92 Å². The molecule has 0 aliphatic rings. The number of rotatable bonds is 7. The molecule has 1 amide bonds. The Hall–Kier alpha value is -0.610. The third-order valence-corrected chi connectivity index (χ3v) is 2.60. The van der Waals surface area contributed by atoms with Crippen LogP contribution in [-0.4, -0.2) is 43.7 Å². The zero-order valence-electron chi connectivity index (χ0n) is 10.3. The van der Waals surface area contributed by atoms with Gasteiger partial charge in [-0.25, -0.2) is 0 Å². The fraction of sp³-hybridized carbons (Fsp3) is 0.909. The summed E-state index contributed by atoms with van der Waals surface area (Å²) in [7, 11) is 3.41. The monoisotopic (exact) mass is 216 g/mol. The van der Waals surface area contributed by atoms with Crippen molar-refractivity contribution in [1.82, 2.24) is 4.90 Å². The van der Waals surface area contributed by atoms with Crippen LogP contribution in [-0.2, 0) is 9.53 Å². The molecule has 0 saturated carbocycles. The lowest BCUT2D eigenvalue weighted by atomic mass is 10.1. The van der Waals surface area contributed by atoms with Crippen molar-refractivity contribution in [2.24, 2.45) is 5.73 Å². The highest BCUT2D eigenvalue weighted by atomic mass is 16.5. The van der Waals surface area contributed by atoms with E-state index in [0.29, 0.717) is 6.61 Å². The van der Waals surface area contributed by atoms with E-state index in [1.807, 2.05) is 6.92 Å². The number of methoxy groups -OCH3 is 1. The molecule has 0 saturated heterocycles. The van der Waals surface area contributed by atoms with Gasteiger partial charge in [-0.2, -0.15) is 0 Å². The van der Waals surface area contributed by atoms with Gasteiger partial charge < -0.3 is 15.4 Å². The Bertz CT molecular complexity index is 185. The van der Waals surface area contributed by atoms with Crippen LogP contribution in [0.4, 0.5) is 0 Å². The topological polar surface area (TPSA) is 55.6 Å². The summed E-state index contributed by atoms with van der Waals surface area (Å²) < 4.78 is 5.00. The van der Waals surface area contributed by atoms with E-state index in [-0.39, 0.29) is 18.0 Å². The number of likely N-dealkylation sites (N-methyl/N-ethyl adjacent to an activating group) is 1. The quantitative estimate of drug-likeness (QED) is 0.690. The molecule has 4 heteroatoms. The van der Waals surface area contributed by atoms with Gasteiger partial charge in [-0.15, -0.1) is 0 Å². The van der Waals surface area contributed by atoms with Gasteiger partial charge in [0.1, 0.15) is 0 Å². The highest BCUT2D eigenvalue weighted by molar-refractivity contribution is 5.81. The van der Waals surface area contributed by atoms with Gasteiger partial charge in [-0.05, 0) is 13.3 Å². The van der Waals surface area contributed by atoms with E-state index in [1.54, 1.807) is 19.1 Å². The molecular weight excluding hydrogens is 192 g/mol. The third-order valence-electron chi connectivity index (χ3n) is 2.60. The highest BCUT2D eigenvalue weighted by Gasteiger charge is 2.21. The second kappa shape index (κ2) is 7.65. The lowest BCUT2D eigenvalue weighted by Crippen LogP contribution is -2.46. The zero-order chi connectivity index (χ0) is 11.8. The smallest absolute Gasteiger partial charge is 0.239 e. The van der Waals surface area contributed by atoms with Gasteiger partial charge in [0.25, 0.3) is 0 Å². The molecule has 0 spiro atoms. The van der Waals surface area contributed by atoms with Gasteiger partial charge >= 0.3 is 0 Å². The number of nitrogens with two attached hydrogens (primary N) is 1. The summed E-state index contributed by atoms with van der Waals surface area (Å²) in [5.74, 6) is 0.00741. The van der Waals surface area contributed by atoms with Crippen molar-refractivity contribution < 1.29 is 9.53 Å². The maximum atomic E-state index is 11.8. The molecule has 0 aromatic carbocycles. The molecule has 0 aromatic heterocycles. The van der Waals surface area contributed by atoms with Gasteiger partial charge in [-0.3, -0.25) is 4.79 Å². The lowest BCUT2D eigenvalue weighted by Gasteiger charge is -2.27. The minimum atomic E-state index is -0.366. The summed E-state index contributed by atoms with van der Waals surface area (Å²) in [4.78, 5) is 13.5. The summed E-state index contributed by atoms with van der Waals surface area (Å²) in [6.45, 7) is 4.59. The van der Waals surface area contributed by atoms with Crippen LogP contribution in [0.2, 0.25) is 0 Å². The van der Waals surface area contributed by atoms with Crippen molar-refractivity contribution in [3.8, 4) is 0 Å². The van der Waals surface area contributed by atoms with Gasteiger partial charge in [0.05, 0.1) is 18.7 Å². The fourth-order valence-electron chi connectivity index (χ4n) is 1.38. The Balaban J connectivity index is 4.05. The number of nitrogens with zero attached hydrogens (tertiary/aromatic N) is 1. The molecule has 90 valence electrons. The Morgan fingerprint density at radius 3 is 2.60 bits per heavy atom. The number of carbonyl (C=O) groups is 1. The molecule has 0 radical (unpaired) electrons. The molecule has 0 rings (SSSR count). The molecule has 0 bridgehead atoms. The minimum Gasteiger partial charge on any atom is -0.383 e. The van der Waals surface area contributed by atoms with Crippen molar-refractivity contribution in [3.05, 3.63) is 0 Å². The standard InChI is InChI=1S/C11H24N2O2/c1-5-6-7-10(12)11(14)13(3)9(2)8-15-4/h9-10H,5-8,12H2,1-4H3/t9?,10-/m0/s1. The Kier molecular flexibility index (Phi) is 7.34. The van der Waals surface area contributed by atoms with Gasteiger partial charge in [0.2, 0.25) is 5.91 Å². The second-order valence-corrected chi connectivity index (χ2v) is 4.00. The van der Waals surface area contributed by atoms with E-state index in [4.69, 9.17) is 10.5 Å². The van der Waals surface area contributed by atoms with E-state index in [0.717, 1.165) is 19.3 Å². The highest BCUT2D eigenvalue weighted by Crippen LogP contribution is 2.04. The first-order chi connectivity index (χ1) is 7.04. The van der Waals surface area contributed by atoms with Crippen molar-refractivity contribution >= 4 is 5.91 Å². The van der Waals surface area contributed by atoms with Gasteiger partial charge in [0.15, 0.2) is 0 Å². The maximum Gasteiger partial charge on any atom is 0.239 e. The zero-order valence-corrected chi connectivity index (χ0v) is 10.3. The average molecular weight is 216 g/mol. The predicted octanol–water partition coefficient (Wildman–Crippen LogP) is 0.997. The Labute approximate surface area is 92.8 Å². The van der Waals surface area contributed by atoms with Crippen LogP contribution in [0.15, 0.2) is 0 Å². The molecule has 0 aliphatic heterocycles. The Morgan fingerprint density at radius 1 is 1.53 bits per heavy atom. The van der Waals surface area contributed by atoms with Crippen LogP contribution in [0.3, 0.4) is 0 Å². The number of hydrogen-bond acceptors (Lipinski definition) is 3. The van der Waals surface area contributed by atoms with E-state index < -0.39 is 0 Å². The molecule has 2 atom stereocenters. The van der Waals surface area contributed by atoms with Crippen molar-refractivity contribution in [1.29, 1.82) is 0 Å². The lowest BCUT2D eigenvalue weighted by molar-refractivity contribution is -0.134. The molecule has 0 aliphatic carbocycles. The summed E-state index contributed by atoms with van der Waals surface area (Å²) in [5, 5.41) is 0. The van der Waals surface area contributed by atoms with E-state index in [9.17, 15) is 4.79 Å². The van der Waals surface area contributed by atoms with E-state index >= 15 is 0 Å². The van der Waals surface area contributed by atoms with Crippen LogP contribution >= 0.6 is 0 Å².